The summed E-state index contributed by atoms with van der Waals surface area (Å²) in [6.07, 6.45) is 0.0104. The predicted molar refractivity (Wildman–Crippen MR) is 43.7 cm³/mol. The van der Waals surface area contributed by atoms with Gasteiger partial charge in [-0.25, -0.2) is 0 Å². The van der Waals surface area contributed by atoms with Crippen LogP contribution in [0.3, 0.4) is 0 Å². The maximum atomic E-state index is 10.6. The summed E-state index contributed by atoms with van der Waals surface area (Å²) < 4.78 is 9.26. The van der Waals surface area contributed by atoms with E-state index in [1.54, 1.807) is 0 Å². The number of carbonyl (C=O) groups excluding carboxylic acids is 1. The number of methoxy groups -OCH3 is 2. The average Bonchev–Trinajstić information content (AvgIpc) is 1.99. The van der Waals surface area contributed by atoms with Crippen molar-refractivity contribution < 1.29 is 14.3 Å². The number of ether oxygens (including phenoxy) is 2. The SMILES string of the molecule is COC(=O)CC(CN)OC.Cl. The molecule has 2 N–H and O–H groups in total. The van der Waals surface area contributed by atoms with Gasteiger partial charge >= 0.3 is 5.97 Å². The molecule has 0 aliphatic carbocycles. The summed E-state index contributed by atoms with van der Waals surface area (Å²) in [7, 11) is 2.85. The highest BCUT2D eigenvalue weighted by Gasteiger charge is 2.10. The van der Waals surface area contributed by atoms with Crippen LogP contribution in [0.5, 0.6) is 0 Å². The van der Waals surface area contributed by atoms with Crippen LogP contribution >= 0.6 is 12.4 Å². The van der Waals surface area contributed by atoms with Crippen molar-refractivity contribution in [3.8, 4) is 0 Å². The summed E-state index contributed by atoms with van der Waals surface area (Å²) in [5, 5.41) is 0. The van der Waals surface area contributed by atoms with Gasteiger partial charge in [0, 0.05) is 13.7 Å². The van der Waals surface area contributed by atoms with Crippen LogP contribution in [-0.2, 0) is 14.3 Å². The minimum absolute atomic E-state index is 0. The summed E-state index contributed by atoms with van der Waals surface area (Å²) in [5.74, 6) is -0.294. The molecule has 0 bridgehead atoms. The standard InChI is InChI=1S/C6H13NO3.ClH/c1-9-5(4-7)3-6(8)10-2;/h5H,3-4,7H2,1-2H3;1H. The predicted octanol–water partition coefficient (Wildman–Crippen LogP) is -0.0550. The van der Waals surface area contributed by atoms with E-state index in [0.717, 1.165) is 0 Å². The number of carbonyl (C=O) groups is 1. The second-order valence-electron chi connectivity index (χ2n) is 1.87. The zero-order valence-corrected chi connectivity index (χ0v) is 7.52. The third-order valence-electron chi connectivity index (χ3n) is 1.22. The first-order valence-electron chi connectivity index (χ1n) is 3.04. The maximum Gasteiger partial charge on any atom is 0.308 e. The Morgan fingerprint density at radius 3 is 2.36 bits per heavy atom. The highest BCUT2D eigenvalue weighted by Crippen LogP contribution is 1.95. The van der Waals surface area contributed by atoms with Gasteiger partial charge in [0.15, 0.2) is 0 Å². The van der Waals surface area contributed by atoms with Crippen molar-refractivity contribution in [3.63, 3.8) is 0 Å². The Kier molecular flexibility index (Phi) is 9.40. The van der Waals surface area contributed by atoms with Crippen molar-refractivity contribution in [2.75, 3.05) is 20.8 Å². The molecule has 11 heavy (non-hydrogen) atoms. The molecule has 4 nitrogen and oxygen atoms in total. The van der Waals surface area contributed by atoms with E-state index in [1.807, 2.05) is 0 Å². The lowest BCUT2D eigenvalue weighted by atomic mass is 10.2. The van der Waals surface area contributed by atoms with Gasteiger partial charge in [0.1, 0.15) is 0 Å². The lowest BCUT2D eigenvalue weighted by Gasteiger charge is -2.09. The first kappa shape index (κ1) is 13.3. The molecule has 68 valence electrons. The van der Waals surface area contributed by atoms with Crippen LogP contribution < -0.4 is 5.73 Å². The van der Waals surface area contributed by atoms with Crippen LogP contribution in [0.2, 0.25) is 0 Å². The molecule has 0 aromatic carbocycles. The zero-order valence-electron chi connectivity index (χ0n) is 6.70. The van der Waals surface area contributed by atoms with E-state index in [4.69, 9.17) is 10.5 Å². The summed E-state index contributed by atoms with van der Waals surface area (Å²) in [6, 6.07) is 0. The van der Waals surface area contributed by atoms with Gasteiger partial charge in [-0.3, -0.25) is 4.79 Å². The van der Waals surface area contributed by atoms with Gasteiger partial charge < -0.3 is 15.2 Å². The van der Waals surface area contributed by atoms with E-state index < -0.39 is 0 Å². The van der Waals surface area contributed by atoms with Gasteiger partial charge in [0.2, 0.25) is 0 Å². The van der Waals surface area contributed by atoms with Gasteiger partial charge in [-0.2, -0.15) is 0 Å². The summed E-state index contributed by atoms with van der Waals surface area (Å²) in [4.78, 5) is 10.6. The molecular weight excluding hydrogens is 170 g/mol. The normalized spacial score (nSPS) is 11.5. The molecule has 5 heteroatoms. The Hall–Kier alpha value is -0.320. The summed E-state index contributed by atoms with van der Waals surface area (Å²) in [6.45, 7) is 0.339. The van der Waals surface area contributed by atoms with Crippen LogP contribution in [0, 0.1) is 0 Å². The Morgan fingerprint density at radius 2 is 2.09 bits per heavy atom. The summed E-state index contributed by atoms with van der Waals surface area (Å²) >= 11 is 0. The molecule has 1 atom stereocenters. The van der Waals surface area contributed by atoms with Crippen molar-refractivity contribution >= 4 is 18.4 Å². The van der Waals surface area contributed by atoms with Crippen LogP contribution in [0.25, 0.3) is 0 Å². The zero-order chi connectivity index (χ0) is 7.98. The molecule has 1 unspecified atom stereocenters. The van der Waals surface area contributed by atoms with Crippen molar-refractivity contribution in [2.24, 2.45) is 5.73 Å². The Labute approximate surface area is 72.4 Å². The van der Waals surface area contributed by atoms with E-state index in [9.17, 15) is 4.79 Å². The highest BCUT2D eigenvalue weighted by atomic mass is 35.5. The fourth-order valence-electron chi connectivity index (χ4n) is 0.532. The average molecular weight is 184 g/mol. The molecule has 0 aromatic rings. The highest BCUT2D eigenvalue weighted by molar-refractivity contribution is 5.85. The number of esters is 1. The van der Waals surface area contributed by atoms with Crippen LogP contribution in [0.1, 0.15) is 6.42 Å². The first-order valence-corrected chi connectivity index (χ1v) is 3.04. The van der Waals surface area contributed by atoms with E-state index in [1.165, 1.54) is 14.2 Å². The topological polar surface area (TPSA) is 61.5 Å². The Balaban J connectivity index is 0. The molecule has 0 heterocycles. The van der Waals surface area contributed by atoms with Crippen molar-refractivity contribution in [3.05, 3.63) is 0 Å². The van der Waals surface area contributed by atoms with E-state index in [2.05, 4.69) is 4.74 Å². The molecule has 0 saturated carbocycles. The van der Waals surface area contributed by atoms with E-state index in [-0.39, 0.29) is 30.9 Å². The molecular formula is C6H14ClNO3. The van der Waals surface area contributed by atoms with Gasteiger partial charge in [0.05, 0.1) is 19.6 Å². The van der Waals surface area contributed by atoms with Crippen molar-refractivity contribution in [1.82, 2.24) is 0 Å². The largest absolute Gasteiger partial charge is 0.469 e. The number of hydrogen-bond acceptors (Lipinski definition) is 4. The number of hydrogen-bond donors (Lipinski definition) is 1. The molecule has 0 spiro atoms. The van der Waals surface area contributed by atoms with Gasteiger partial charge in [-0.1, -0.05) is 0 Å². The molecule has 0 aliphatic rings. The fraction of sp³-hybridized carbons (Fsp3) is 0.833. The minimum atomic E-state index is -0.294. The lowest BCUT2D eigenvalue weighted by molar-refractivity contribution is -0.143. The smallest absolute Gasteiger partial charge is 0.308 e. The minimum Gasteiger partial charge on any atom is -0.469 e. The molecule has 0 rings (SSSR count). The fourth-order valence-corrected chi connectivity index (χ4v) is 0.532. The first-order chi connectivity index (χ1) is 4.74. The van der Waals surface area contributed by atoms with Crippen molar-refractivity contribution in [1.29, 1.82) is 0 Å². The van der Waals surface area contributed by atoms with Crippen LogP contribution in [-0.4, -0.2) is 32.8 Å². The number of halogens is 1. The third-order valence-corrected chi connectivity index (χ3v) is 1.22. The Morgan fingerprint density at radius 1 is 1.55 bits per heavy atom. The second kappa shape index (κ2) is 7.78. The van der Waals surface area contributed by atoms with Gasteiger partial charge in [-0.15, -0.1) is 12.4 Å². The number of nitrogens with two attached hydrogens (primary N) is 1. The van der Waals surface area contributed by atoms with E-state index in [0.29, 0.717) is 6.54 Å². The quantitative estimate of drug-likeness (QED) is 0.621. The van der Waals surface area contributed by atoms with Crippen molar-refractivity contribution in [2.45, 2.75) is 12.5 Å². The molecule has 0 radical (unpaired) electrons. The van der Waals surface area contributed by atoms with Gasteiger partial charge in [0.25, 0.3) is 0 Å². The van der Waals surface area contributed by atoms with Crippen LogP contribution in [0.15, 0.2) is 0 Å². The van der Waals surface area contributed by atoms with E-state index >= 15 is 0 Å². The summed E-state index contributed by atoms with van der Waals surface area (Å²) in [5.41, 5.74) is 5.25. The molecule has 0 saturated heterocycles. The van der Waals surface area contributed by atoms with Gasteiger partial charge in [-0.05, 0) is 0 Å². The van der Waals surface area contributed by atoms with Crippen LogP contribution in [0.4, 0.5) is 0 Å². The maximum absolute atomic E-state index is 10.6. The molecule has 0 aromatic heterocycles. The molecule has 0 amide bonds. The second-order valence-corrected chi connectivity index (χ2v) is 1.87. The third kappa shape index (κ3) is 6.09. The lowest BCUT2D eigenvalue weighted by Crippen LogP contribution is -2.25. The number of rotatable bonds is 4. The Bertz CT molecular complexity index is 106. The molecule has 0 fully saturated rings. The monoisotopic (exact) mass is 183 g/mol. The molecule has 0 aliphatic heterocycles.